The molecular formula is C9H16F2N2O. The van der Waals surface area contributed by atoms with Gasteiger partial charge in [-0.25, -0.2) is 8.78 Å². The van der Waals surface area contributed by atoms with Crippen molar-refractivity contribution in [3.63, 3.8) is 0 Å². The molecule has 0 atom stereocenters. The van der Waals surface area contributed by atoms with Crippen LogP contribution < -0.4 is 5.32 Å². The van der Waals surface area contributed by atoms with Crippen LogP contribution >= 0.6 is 0 Å². The van der Waals surface area contributed by atoms with E-state index in [1.54, 1.807) is 0 Å². The van der Waals surface area contributed by atoms with Gasteiger partial charge in [-0.2, -0.15) is 0 Å². The topological polar surface area (TPSA) is 32.3 Å². The fourth-order valence-electron chi connectivity index (χ4n) is 1.45. The first-order chi connectivity index (χ1) is 6.65. The summed E-state index contributed by atoms with van der Waals surface area (Å²) in [5.41, 5.74) is 0. The Morgan fingerprint density at radius 2 is 2.21 bits per heavy atom. The van der Waals surface area contributed by atoms with E-state index in [-0.39, 0.29) is 11.8 Å². The van der Waals surface area contributed by atoms with E-state index < -0.39 is 13.0 Å². The van der Waals surface area contributed by atoms with Crippen molar-refractivity contribution in [3.05, 3.63) is 0 Å². The van der Waals surface area contributed by atoms with Gasteiger partial charge in [-0.3, -0.25) is 4.79 Å². The molecule has 0 saturated carbocycles. The van der Waals surface area contributed by atoms with E-state index >= 15 is 0 Å². The quantitative estimate of drug-likeness (QED) is 0.718. The van der Waals surface area contributed by atoms with Crippen LogP contribution in [0.4, 0.5) is 8.78 Å². The molecule has 0 spiro atoms. The van der Waals surface area contributed by atoms with E-state index in [2.05, 4.69) is 5.32 Å². The van der Waals surface area contributed by atoms with Gasteiger partial charge in [0.2, 0.25) is 5.91 Å². The molecule has 3 nitrogen and oxygen atoms in total. The Labute approximate surface area is 82.5 Å². The summed E-state index contributed by atoms with van der Waals surface area (Å²) >= 11 is 0. The minimum atomic E-state index is -2.43. The fraction of sp³-hybridized carbons (Fsp3) is 0.889. The zero-order valence-corrected chi connectivity index (χ0v) is 8.30. The second kappa shape index (κ2) is 5.24. The van der Waals surface area contributed by atoms with Gasteiger partial charge in [-0.05, 0) is 6.42 Å². The minimum absolute atomic E-state index is 0.0831. The molecule has 1 rings (SSSR count). The van der Waals surface area contributed by atoms with Crippen LogP contribution in [-0.2, 0) is 4.79 Å². The number of alkyl halides is 2. The van der Waals surface area contributed by atoms with Gasteiger partial charge in [-0.1, -0.05) is 6.92 Å². The number of nitrogens with zero attached hydrogens (tertiary/aromatic N) is 1. The van der Waals surface area contributed by atoms with E-state index in [9.17, 15) is 13.6 Å². The molecule has 0 aliphatic carbocycles. The normalized spacial score (nSPS) is 16.9. The third-order valence-corrected chi connectivity index (χ3v) is 2.29. The highest BCUT2D eigenvalue weighted by molar-refractivity contribution is 5.80. The highest BCUT2D eigenvalue weighted by Crippen LogP contribution is 2.10. The Balaban J connectivity index is 2.42. The van der Waals surface area contributed by atoms with Crippen molar-refractivity contribution in [1.29, 1.82) is 0 Å². The number of carbonyl (C=O) groups is 1. The van der Waals surface area contributed by atoms with Crippen LogP contribution in [0.1, 0.15) is 13.3 Å². The smallest absolute Gasteiger partial charge is 0.255 e. The maximum atomic E-state index is 12.1. The first-order valence-electron chi connectivity index (χ1n) is 4.92. The molecule has 0 aromatic rings. The number of carbonyl (C=O) groups excluding carboxylic acids is 1. The third kappa shape index (κ3) is 2.90. The van der Waals surface area contributed by atoms with Crippen LogP contribution in [0, 0.1) is 5.92 Å². The van der Waals surface area contributed by atoms with E-state index in [1.807, 2.05) is 6.92 Å². The maximum Gasteiger partial charge on any atom is 0.255 e. The average Bonchev–Trinajstić information content (AvgIpc) is 1.99. The molecule has 1 N–H and O–H groups in total. The van der Waals surface area contributed by atoms with Gasteiger partial charge in [0.25, 0.3) is 6.43 Å². The average molecular weight is 206 g/mol. The lowest BCUT2D eigenvalue weighted by molar-refractivity contribution is -0.139. The zero-order chi connectivity index (χ0) is 10.6. The van der Waals surface area contributed by atoms with Gasteiger partial charge in [-0.15, -0.1) is 0 Å². The Morgan fingerprint density at radius 1 is 1.57 bits per heavy atom. The van der Waals surface area contributed by atoms with Crippen LogP contribution in [0.3, 0.4) is 0 Å². The van der Waals surface area contributed by atoms with E-state index in [0.717, 1.165) is 6.42 Å². The van der Waals surface area contributed by atoms with Crippen LogP contribution in [0.5, 0.6) is 0 Å². The first kappa shape index (κ1) is 11.4. The van der Waals surface area contributed by atoms with E-state index in [4.69, 9.17) is 0 Å². The van der Waals surface area contributed by atoms with Crippen molar-refractivity contribution in [2.75, 3.05) is 26.2 Å². The monoisotopic (exact) mass is 206 g/mol. The number of rotatable bonds is 5. The second-order valence-electron chi connectivity index (χ2n) is 3.53. The molecule has 1 saturated heterocycles. The summed E-state index contributed by atoms with van der Waals surface area (Å²) in [6.45, 7) is 3.14. The summed E-state index contributed by atoms with van der Waals surface area (Å²) in [4.78, 5) is 12.9. The van der Waals surface area contributed by atoms with Crippen LogP contribution in [0.25, 0.3) is 0 Å². The highest BCUT2D eigenvalue weighted by atomic mass is 19.3. The summed E-state index contributed by atoms with van der Waals surface area (Å²) in [5, 5.41) is 2.96. The standard InChI is InChI=1S/C9H16F2N2O/c1-2-3-13(6-8(10)11)9(14)7-4-12-5-7/h7-8,12H,2-6H2,1H3. The maximum absolute atomic E-state index is 12.1. The molecule has 82 valence electrons. The molecule has 1 aliphatic heterocycles. The molecular weight excluding hydrogens is 190 g/mol. The van der Waals surface area contributed by atoms with Gasteiger partial charge >= 0.3 is 0 Å². The summed E-state index contributed by atoms with van der Waals surface area (Å²) in [7, 11) is 0. The molecule has 0 radical (unpaired) electrons. The van der Waals surface area contributed by atoms with Gasteiger partial charge in [0.05, 0.1) is 12.5 Å². The molecule has 1 heterocycles. The Morgan fingerprint density at radius 3 is 2.57 bits per heavy atom. The largest absolute Gasteiger partial charge is 0.337 e. The second-order valence-corrected chi connectivity index (χ2v) is 3.53. The van der Waals surface area contributed by atoms with Crippen molar-refractivity contribution < 1.29 is 13.6 Å². The molecule has 1 aliphatic rings. The van der Waals surface area contributed by atoms with Crippen molar-refractivity contribution in [2.45, 2.75) is 19.8 Å². The highest BCUT2D eigenvalue weighted by Gasteiger charge is 2.29. The molecule has 1 amide bonds. The van der Waals surface area contributed by atoms with Gasteiger partial charge in [0.15, 0.2) is 0 Å². The summed E-state index contributed by atoms with van der Waals surface area (Å²) < 4.78 is 24.3. The minimum Gasteiger partial charge on any atom is -0.337 e. The summed E-state index contributed by atoms with van der Waals surface area (Å²) in [6.07, 6.45) is -1.71. The fourth-order valence-corrected chi connectivity index (χ4v) is 1.45. The van der Waals surface area contributed by atoms with Crippen LogP contribution in [-0.4, -0.2) is 43.4 Å². The molecule has 0 aromatic heterocycles. The lowest BCUT2D eigenvalue weighted by Crippen LogP contribution is -2.53. The lowest BCUT2D eigenvalue weighted by Gasteiger charge is -2.32. The Bertz CT molecular complexity index is 195. The molecule has 0 aromatic carbocycles. The number of hydrogen-bond donors (Lipinski definition) is 1. The summed E-state index contributed by atoms with van der Waals surface area (Å²) in [6, 6.07) is 0. The van der Waals surface area contributed by atoms with Crippen LogP contribution in [0.15, 0.2) is 0 Å². The predicted octanol–water partition coefficient (Wildman–Crippen LogP) is 0.710. The molecule has 5 heteroatoms. The van der Waals surface area contributed by atoms with Gasteiger partial charge < -0.3 is 10.2 Å². The van der Waals surface area contributed by atoms with Gasteiger partial charge in [0, 0.05) is 19.6 Å². The number of hydrogen-bond acceptors (Lipinski definition) is 2. The lowest BCUT2D eigenvalue weighted by atomic mass is 10.0. The van der Waals surface area contributed by atoms with Crippen molar-refractivity contribution in [3.8, 4) is 0 Å². The van der Waals surface area contributed by atoms with Gasteiger partial charge in [0.1, 0.15) is 0 Å². The van der Waals surface area contributed by atoms with Crippen molar-refractivity contribution in [1.82, 2.24) is 10.2 Å². The Kier molecular flexibility index (Phi) is 4.25. The van der Waals surface area contributed by atoms with E-state index in [0.29, 0.717) is 19.6 Å². The zero-order valence-electron chi connectivity index (χ0n) is 8.30. The SMILES string of the molecule is CCCN(CC(F)F)C(=O)C1CNC1. The molecule has 14 heavy (non-hydrogen) atoms. The number of halogens is 2. The van der Waals surface area contributed by atoms with Crippen LogP contribution in [0.2, 0.25) is 0 Å². The van der Waals surface area contributed by atoms with E-state index in [1.165, 1.54) is 4.90 Å². The van der Waals surface area contributed by atoms with Crippen molar-refractivity contribution >= 4 is 5.91 Å². The Hall–Kier alpha value is -0.710. The molecule has 0 unspecified atom stereocenters. The molecule has 1 fully saturated rings. The number of nitrogens with one attached hydrogen (secondary N) is 1. The molecule has 0 bridgehead atoms. The van der Waals surface area contributed by atoms with Crippen molar-refractivity contribution in [2.24, 2.45) is 5.92 Å². The first-order valence-corrected chi connectivity index (χ1v) is 4.92. The number of amides is 1. The predicted molar refractivity (Wildman–Crippen MR) is 49.2 cm³/mol. The summed E-state index contributed by atoms with van der Waals surface area (Å²) in [5.74, 6) is -0.216. The third-order valence-electron chi connectivity index (χ3n) is 2.29.